The lowest BCUT2D eigenvalue weighted by Crippen LogP contribution is -2.46. The lowest BCUT2D eigenvalue weighted by molar-refractivity contribution is -0.179. The molecule has 0 aromatic rings. The molecule has 0 bridgehead atoms. The van der Waals surface area contributed by atoms with Gasteiger partial charge in [0.05, 0.1) is 11.2 Å². The molecule has 3 fully saturated rings. The highest BCUT2D eigenvalue weighted by molar-refractivity contribution is 4.90. The van der Waals surface area contributed by atoms with Crippen molar-refractivity contribution in [2.24, 2.45) is 35.5 Å². The molecule has 4 atom stereocenters. The van der Waals surface area contributed by atoms with E-state index < -0.39 is 0 Å². The molecular formula is C32H60O. The average Bonchev–Trinajstić information content (AvgIpc) is 2.80. The van der Waals surface area contributed by atoms with Crippen molar-refractivity contribution in [1.29, 1.82) is 0 Å². The van der Waals surface area contributed by atoms with Crippen LogP contribution in [0.3, 0.4) is 0 Å². The Hall–Kier alpha value is -0.0400. The molecule has 0 radical (unpaired) electrons. The first-order valence-corrected chi connectivity index (χ1v) is 15.3. The highest BCUT2D eigenvalue weighted by Crippen LogP contribution is 2.44. The maximum atomic E-state index is 6.40. The van der Waals surface area contributed by atoms with Crippen molar-refractivity contribution in [3.05, 3.63) is 0 Å². The van der Waals surface area contributed by atoms with Crippen LogP contribution in [0.2, 0.25) is 0 Å². The van der Waals surface area contributed by atoms with Gasteiger partial charge in [-0.1, -0.05) is 97.3 Å². The SMILES string of the molecule is CC(CC1CCCCCCC1)C1CCCCCC(CC(C)C2CC(C)(C)OC(C)(C)C2)CC1. The molecule has 1 heteroatoms. The average molecular weight is 461 g/mol. The van der Waals surface area contributed by atoms with Crippen molar-refractivity contribution in [3.8, 4) is 0 Å². The Morgan fingerprint density at radius 2 is 0.970 bits per heavy atom. The molecule has 0 spiro atoms. The van der Waals surface area contributed by atoms with Gasteiger partial charge in [0.2, 0.25) is 0 Å². The molecule has 3 rings (SSSR count). The van der Waals surface area contributed by atoms with Crippen molar-refractivity contribution in [1.82, 2.24) is 0 Å². The summed E-state index contributed by atoms with van der Waals surface area (Å²) in [6.45, 7) is 14.5. The van der Waals surface area contributed by atoms with Gasteiger partial charge in [-0.25, -0.2) is 0 Å². The molecule has 0 aromatic heterocycles. The van der Waals surface area contributed by atoms with Crippen LogP contribution < -0.4 is 0 Å². The van der Waals surface area contributed by atoms with E-state index >= 15 is 0 Å². The summed E-state index contributed by atoms with van der Waals surface area (Å²) in [4.78, 5) is 0. The third-order valence-corrected chi connectivity index (χ3v) is 9.94. The molecule has 4 unspecified atom stereocenters. The minimum atomic E-state index is 0.0383. The van der Waals surface area contributed by atoms with Gasteiger partial charge in [0.15, 0.2) is 0 Å². The van der Waals surface area contributed by atoms with Gasteiger partial charge in [0.25, 0.3) is 0 Å². The molecule has 33 heavy (non-hydrogen) atoms. The van der Waals surface area contributed by atoms with Crippen molar-refractivity contribution in [3.63, 3.8) is 0 Å². The summed E-state index contributed by atoms with van der Waals surface area (Å²) in [5, 5.41) is 0. The van der Waals surface area contributed by atoms with E-state index in [4.69, 9.17) is 4.74 Å². The van der Waals surface area contributed by atoms with Crippen molar-refractivity contribution in [2.75, 3.05) is 0 Å². The van der Waals surface area contributed by atoms with E-state index in [1.165, 1.54) is 116 Å². The van der Waals surface area contributed by atoms with E-state index in [1.54, 1.807) is 0 Å². The van der Waals surface area contributed by atoms with Gasteiger partial charge in [-0.3, -0.25) is 0 Å². The monoisotopic (exact) mass is 460 g/mol. The standard InChI is InChI=1S/C32H60O/c1-25(21-27-15-11-8-7-9-12-16-27)29-18-14-10-13-17-28(19-20-29)22-26(2)30-23-31(3,4)33-32(5,6)24-30/h25-30H,7-24H2,1-6H3. The smallest absolute Gasteiger partial charge is 0.0636 e. The third-order valence-electron chi connectivity index (χ3n) is 9.94. The fourth-order valence-corrected chi connectivity index (χ4v) is 8.34. The first-order valence-electron chi connectivity index (χ1n) is 15.3. The van der Waals surface area contributed by atoms with E-state index in [-0.39, 0.29) is 11.2 Å². The van der Waals surface area contributed by atoms with Gasteiger partial charge in [0, 0.05) is 0 Å². The first kappa shape index (κ1) is 27.5. The Balaban J connectivity index is 1.52. The Bertz CT molecular complexity index is 525. The van der Waals surface area contributed by atoms with E-state index in [0.29, 0.717) is 0 Å². The number of ether oxygens (including phenoxy) is 1. The summed E-state index contributed by atoms with van der Waals surface area (Å²) in [5.41, 5.74) is 0.0767. The van der Waals surface area contributed by atoms with Crippen LogP contribution in [-0.4, -0.2) is 11.2 Å². The van der Waals surface area contributed by atoms with Crippen LogP contribution in [0.5, 0.6) is 0 Å². The predicted octanol–water partition coefficient (Wildman–Crippen LogP) is 10.4. The Morgan fingerprint density at radius 3 is 1.55 bits per heavy atom. The first-order chi connectivity index (χ1) is 15.6. The number of rotatable bonds is 6. The minimum absolute atomic E-state index is 0.0383. The lowest BCUT2D eigenvalue weighted by Gasteiger charge is -2.47. The van der Waals surface area contributed by atoms with Crippen molar-refractivity contribution < 1.29 is 4.74 Å². The van der Waals surface area contributed by atoms with Crippen molar-refractivity contribution in [2.45, 2.75) is 168 Å². The normalized spacial score (nSPS) is 32.5. The van der Waals surface area contributed by atoms with Crippen LogP contribution in [0.1, 0.15) is 157 Å². The second-order valence-electron chi connectivity index (χ2n) is 14.3. The summed E-state index contributed by atoms with van der Waals surface area (Å²) in [5.74, 6) is 5.59. The Kier molecular flexibility index (Phi) is 10.7. The van der Waals surface area contributed by atoms with Gasteiger partial charge in [-0.2, -0.15) is 0 Å². The fraction of sp³-hybridized carbons (Fsp3) is 1.00. The molecule has 3 aliphatic rings. The van der Waals surface area contributed by atoms with Gasteiger partial charge in [0.1, 0.15) is 0 Å². The van der Waals surface area contributed by atoms with Gasteiger partial charge in [-0.15, -0.1) is 0 Å². The Morgan fingerprint density at radius 1 is 0.545 bits per heavy atom. The highest BCUT2D eigenvalue weighted by Gasteiger charge is 2.41. The highest BCUT2D eigenvalue weighted by atomic mass is 16.5. The van der Waals surface area contributed by atoms with E-state index in [9.17, 15) is 0 Å². The minimum Gasteiger partial charge on any atom is -0.370 e. The molecule has 0 amide bonds. The maximum absolute atomic E-state index is 6.40. The van der Waals surface area contributed by atoms with Crippen LogP contribution in [0, 0.1) is 35.5 Å². The Labute approximate surface area is 208 Å². The van der Waals surface area contributed by atoms with E-state index in [1.807, 2.05) is 0 Å². The topological polar surface area (TPSA) is 9.23 Å². The van der Waals surface area contributed by atoms with Crippen LogP contribution in [0.15, 0.2) is 0 Å². The second-order valence-corrected chi connectivity index (χ2v) is 14.3. The van der Waals surface area contributed by atoms with Crippen molar-refractivity contribution >= 4 is 0 Å². The summed E-state index contributed by atoms with van der Waals surface area (Å²) in [6.07, 6.45) is 26.5. The molecule has 1 nitrogen and oxygen atoms in total. The van der Waals surface area contributed by atoms with Gasteiger partial charge >= 0.3 is 0 Å². The zero-order chi connectivity index (χ0) is 23.9. The zero-order valence-electron chi connectivity index (χ0n) is 23.6. The summed E-state index contributed by atoms with van der Waals surface area (Å²) in [6, 6.07) is 0. The molecular weight excluding hydrogens is 400 g/mol. The molecule has 2 saturated carbocycles. The summed E-state index contributed by atoms with van der Waals surface area (Å²) in [7, 11) is 0. The quantitative estimate of drug-likeness (QED) is 0.383. The molecule has 1 aliphatic heterocycles. The predicted molar refractivity (Wildman–Crippen MR) is 145 cm³/mol. The zero-order valence-corrected chi connectivity index (χ0v) is 23.6. The van der Waals surface area contributed by atoms with E-state index in [0.717, 1.165) is 35.5 Å². The van der Waals surface area contributed by atoms with Crippen LogP contribution in [0.25, 0.3) is 0 Å². The van der Waals surface area contributed by atoms with Crippen LogP contribution in [-0.2, 0) is 4.74 Å². The van der Waals surface area contributed by atoms with Gasteiger partial charge < -0.3 is 4.74 Å². The lowest BCUT2D eigenvalue weighted by atomic mass is 9.71. The molecule has 2 aliphatic carbocycles. The molecule has 194 valence electrons. The molecule has 1 saturated heterocycles. The molecule has 0 N–H and O–H groups in total. The maximum Gasteiger partial charge on any atom is 0.0636 e. The second kappa shape index (κ2) is 12.8. The fourth-order valence-electron chi connectivity index (χ4n) is 8.34. The van der Waals surface area contributed by atoms with Crippen LogP contribution >= 0.6 is 0 Å². The van der Waals surface area contributed by atoms with Crippen LogP contribution in [0.4, 0.5) is 0 Å². The van der Waals surface area contributed by atoms with Gasteiger partial charge in [-0.05, 0) is 95.3 Å². The third kappa shape index (κ3) is 9.50. The molecule has 0 aromatic carbocycles. The van der Waals surface area contributed by atoms with E-state index in [2.05, 4.69) is 41.5 Å². The summed E-state index contributed by atoms with van der Waals surface area (Å²) < 4.78 is 6.40. The molecule has 1 heterocycles. The number of hydrogen-bond donors (Lipinski definition) is 0. The largest absolute Gasteiger partial charge is 0.370 e. The number of hydrogen-bond acceptors (Lipinski definition) is 1. The summed E-state index contributed by atoms with van der Waals surface area (Å²) >= 11 is 0.